The largest absolute Gasteiger partial charge is 0.344 e. The second-order valence-electron chi connectivity index (χ2n) is 7.94. The molecule has 1 atom stereocenters. The number of nitrogens with one attached hydrogen (secondary N) is 1. The van der Waals surface area contributed by atoms with Crippen molar-refractivity contribution in [1.82, 2.24) is 14.9 Å². The van der Waals surface area contributed by atoms with Crippen LogP contribution in [0.5, 0.6) is 0 Å². The van der Waals surface area contributed by atoms with Crippen molar-refractivity contribution in [2.75, 3.05) is 0 Å². The predicted molar refractivity (Wildman–Crippen MR) is 119 cm³/mol. The van der Waals surface area contributed by atoms with Crippen LogP contribution in [-0.4, -0.2) is 15.5 Å². The van der Waals surface area contributed by atoms with Gasteiger partial charge in [-0.2, -0.15) is 0 Å². The lowest BCUT2D eigenvalue weighted by Crippen LogP contribution is -2.32. The van der Waals surface area contributed by atoms with Crippen molar-refractivity contribution in [3.8, 4) is 16.8 Å². The van der Waals surface area contributed by atoms with Crippen molar-refractivity contribution < 1.29 is 13.6 Å². The summed E-state index contributed by atoms with van der Waals surface area (Å²) in [7, 11) is 0. The van der Waals surface area contributed by atoms with Gasteiger partial charge in [0.15, 0.2) is 11.6 Å². The number of benzene rings is 3. The number of aromatic nitrogens is 2. The van der Waals surface area contributed by atoms with Crippen LogP contribution in [0, 0.1) is 11.6 Å². The molecule has 1 N–H and O–H groups in total. The Labute approximate surface area is 184 Å². The quantitative estimate of drug-likeness (QED) is 0.457. The van der Waals surface area contributed by atoms with Crippen LogP contribution in [0.15, 0.2) is 79.3 Å². The van der Waals surface area contributed by atoms with E-state index < -0.39 is 11.6 Å². The number of imidazole rings is 1. The monoisotopic (exact) mass is 429 g/mol. The van der Waals surface area contributed by atoms with E-state index in [0.717, 1.165) is 36.6 Å². The van der Waals surface area contributed by atoms with Crippen molar-refractivity contribution in [2.24, 2.45) is 0 Å². The molecule has 0 radical (unpaired) electrons. The molecule has 4 nitrogen and oxygen atoms in total. The van der Waals surface area contributed by atoms with Crippen LogP contribution in [-0.2, 0) is 6.42 Å². The molecule has 160 valence electrons. The fourth-order valence-corrected chi connectivity index (χ4v) is 4.30. The molecule has 0 saturated heterocycles. The second-order valence-corrected chi connectivity index (χ2v) is 7.94. The maximum absolute atomic E-state index is 13.6. The van der Waals surface area contributed by atoms with Gasteiger partial charge in [0.2, 0.25) is 0 Å². The van der Waals surface area contributed by atoms with Gasteiger partial charge in [-0.25, -0.2) is 13.8 Å². The first-order valence-electron chi connectivity index (χ1n) is 10.6. The molecule has 1 aliphatic carbocycles. The summed E-state index contributed by atoms with van der Waals surface area (Å²) in [5, 5.41) is 3.16. The average molecular weight is 429 g/mol. The number of carbonyl (C=O) groups is 1. The van der Waals surface area contributed by atoms with Gasteiger partial charge in [-0.05, 0) is 65.8 Å². The van der Waals surface area contributed by atoms with Crippen LogP contribution in [0.2, 0.25) is 0 Å². The molecule has 6 heteroatoms. The van der Waals surface area contributed by atoms with Gasteiger partial charge in [0, 0.05) is 5.69 Å². The summed E-state index contributed by atoms with van der Waals surface area (Å²) in [5.41, 5.74) is 4.98. The van der Waals surface area contributed by atoms with Crippen LogP contribution in [0.3, 0.4) is 0 Å². The third kappa shape index (κ3) is 3.80. The maximum Gasteiger partial charge on any atom is 0.270 e. The van der Waals surface area contributed by atoms with Gasteiger partial charge in [0.25, 0.3) is 5.91 Å². The van der Waals surface area contributed by atoms with Crippen molar-refractivity contribution in [3.63, 3.8) is 0 Å². The van der Waals surface area contributed by atoms with Gasteiger partial charge in [0.1, 0.15) is 5.69 Å². The summed E-state index contributed by atoms with van der Waals surface area (Å²) in [6.45, 7) is 0. The summed E-state index contributed by atoms with van der Waals surface area (Å²) in [4.78, 5) is 17.3. The molecule has 3 aromatic carbocycles. The molecular formula is C26H21F2N3O. The van der Waals surface area contributed by atoms with E-state index in [1.54, 1.807) is 29.2 Å². The summed E-state index contributed by atoms with van der Waals surface area (Å²) in [6.07, 6.45) is 6.11. The van der Waals surface area contributed by atoms with E-state index in [4.69, 9.17) is 0 Å². The van der Waals surface area contributed by atoms with Gasteiger partial charge in [-0.1, -0.05) is 42.5 Å². The summed E-state index contributed by atoms with van der Waals surface area (Å²) >= 11 is 0. The fraction of sp³-hybridized carbons (Fsp3) is 0.154. The number of amides is 1. The first-order chi connectivity index (χ1) is 15.6. The van der Waals surface area contributed by atoms with Crippen LogP contribution in [0.25, 0.3) is 16.8 Å². The highest BCUT2D eigenvalue weighted by atomic mass is 19.2. The topological polar surface area (TPSA) is 46.9 Å². The van der Waals surface area contributed by atoms with Crippen molar-refractivity contribution in [1.29, 1.82) is 0 Å². The smallest absolute Gasteiger partial charge is 0.270 e. The first-order valence-corrected chi connectivity index (χ1v) is 10.6. The zero-order chi connectivity index (χ0) is 22.1. The number of hydrogen-bond acceptors (Lipinski definition) is 2. The van der Waals surface area contributed by atoms with E-state index in [0.29, 0.717) is 11.3 Å². The maximum atomic E-state index is 13.6. The van der Waals surface area contributed by atoms with Crippen LogP contribution in [0.1, 0.15) is 40.5 Å². The number of nitrogens with zero attached hydrogens (tertiary/aromatic N) is 2. The average Bonchev–Trinajstić information content (AvgIpc) is 3.31. The molecule has 1 aliphatic rings. The summed E-state index contributed by atoms with van der Waals surface area (Å²) in [6, 6.07) is 19.3. The van der Waals surface area contributed by atoms with E-state index >= 15 is 0 Å². The Morgan fingerprint density at radius 3 is 2.56 bits per heavy atom. The highest BCUT2D eigenvalue weighted by Crippen LogP contribution is 2.30. The molecular weight excluding hydrogens is 408 g/mol. The van der Waals surface area contributed by atoms with Gasteiger partial charge in [-0.3, -0.25) is 9.36 Å². The number of fused-ring (bicyclic) bond motifs is 1. The molecule has 0 aliphatic heterocycles. The summed E-state index contributed by atoms with van der Waals surface area (Å²) < 4.78 is 28.5. The molecule has 1 heterocycles. The molecule has 0 spiro atoms. The number of aryl methyl sites for hydroxylation is 1. The normalized spacial score (nSPS) is 15.2. The molecule has 0 unspecified atom stereocenters. The van der Waals surface area contributed by atoms with Crippen molar-refractivity contribution in [3.05, 3.63) is 108 Å². The highest BCUT2D eigenvalue weighted by Gasteiger charge is 2.23. The van der Waals surface area contributed by atoms with Crippen LogP contribution >= 0.6 is 0 Å². The number of rotatable bonds is 4. The minimum Gasteiger partial charge on any atom is -0.344 e. The highest BCUT2D eigenvalue weighted by molar-refractivity contribution is 5.93. The Bertz CT molecular complexity index is 1280. The Kier molecular flexibility index (Phi) is 5.27. The lowest BCUT2D eigenvalue weighted by atomic mass is 9.88. The zero-order valence-electron chi connectivity index (χ0n) is 17.3. The zero-order valence-corrected chi connectivity index (χ0v) is 17.3. The first kappa shape index (κ1) is 20.1. The molecule has 1 amide bonds. The third-order valence-electron chi connectivity index (χ3n) is 5.94. The van der Waals surface area contributed by atoms with Gasteiger partial charge in [-0.15, -0.1) is 0 Å². The lowest BCUT2D eigenvalue weighted by Gasteiger charge is -2.26. The third-order valence-corrected chi connectivity index (χ3v) is 5.94. The Hall–Kier alpha value is -3.80. The van der Waals surface area contributed by atoms with E-state index in [9.17, 15) is 13.6 Å². The van der Waals surface area contributed by atoms with Crippen molar-refractivity contribution >= 4 is 5.91 Å². The minimum atomic E-state index is -0.885. The molecule has 4 aromatic rings. The van der Waals surface area contributed by atoms with E-state index in [-0.39, 0.29) is 11.9 Å². The van der Waals surface area contributed by atoms with Crippen molar-refractivity contribution in [2.45, 2.75) is 25.3 Å². The predicted octanol–water partition coefficient (Wildman–Crippen LogP) is 5.62. The minimum absolute atomic E-state index is 0.0217. The van der Waals surface area contributed by atoms with E-state index in [1.807, 2.05) is 24.3 Å². The molecule has 0 saturated carbocycles. The molecule has 32 heavy (non-hydrogen) atoms. The Balaban J connectivity index is 1.38. The van der Waals surface area contributed by atoms with Gasteiger partial charge >= 0.3 is 0 Å². The molecule has 5 rings (SSSR count). The standard InChI is InChI=1S/C26H21F2N3O/c27-22-13-10-19(14-23(22)28)17-8-11-20(12-9-17)31-16-29-15-25(31)26(32)30-24-7-3-5-18-4-1-2-6-21(18)24/h1-2,4,6,8-16,24H,3,5,7H2,(H,30,32)/t24-/m1/s1. The molecule has 0 fully saturated rings. The Morgan fingerprint density at radius 1 is 0.969 bits per heavy atom. The van der Waals surface area contributed by atoms with E-state index in [1.165, 1.54) is 23.3 Å². The van der Waals surface area contributed by atoms with Crippen LogP contribution < -0.4 is 5.32 Å². The molecule has 1 aromatic heterocycles. The number of halogens is 2. The SMILES string of the molecule is O=C(N[C@@H]1CCCc2ccccc21)c1cncn1-c1ccc(-c2ccc(F)c(F)c2)cc1. The second kappa shape index (κ2) is 8.38. The Morgan fingerprint density at radius 2 is 1.75 bits per heavy atom. The summed E-state index contributed by atoms with van der Waals surface area (Å²) in [5.74, 6) is -1.95. The van der Waals surface area contributed by atoms with Gasteiger partial charge < -0.3 is 5.32 Å². The van der Waals surface area contributed by atoms with Gasteiger partial charge in [0.05, 0.1) is 18.6 Å². The fourth-order valence-electron chi connectivity index (χ4n) is 4.30. The molecule has 0 bridgehead atoms. The van der Waals surface area contributed by atoms with Crippen LogP contribution in [0.4, 0.5) is 8.78 Å². The number of hydrogen-bond donors (Lipinski definition) is 1. The lowest BCUT2D eigenvalue weighted by molar-refractivity contribution is 0.0926. The van der Waals surface area contributed by atoms with E-state index in [2.05, 4.69) is 22.4 Å². The number of carbonyl (C=O) groups excluding carboxylic acids is 1.